The van der Waals surface area contributed by atoms with Gasteiger partial charge in [-0.3, -0.25) is 9.52 Å². The summed E-state index contributed by atoms with van der Waals surface area (Å²) in [5, 5.41) is 28.7. The molecule has 5 atom stereocenters. The summed E-state index contributed by atoms with van der Waals surface area (Å²) in [7, 11) is -3.79. The molecule has 0 aromatic rings. The number of hydrogen-bond acceptors (Lipinski definition) is 7. The zero-order valence-electron chi connectivity index (χ0n) is 10.7. The molecule has 0 bridgehead atoms. The monoisotopic (exact) mass is 297 g/mol. The van der Waals surface area contributed by atoms with Gasteiger partial charge in [-0.25, -0.2) is 8.42 Å². The van der Waals surface area contributed by atoms with Crippen LogP contribution in [-0.2, 0) is 19.6 Å². The minimum Gasteiger partial charge on any atom is -0.388 e. The highest BCUT2D eigenvalue weighted by Crippen LogP contribution is 2.23. The van der Waals surface area contributed by atoms with Gasteiger partial charge in [-0.2, -0.15) is 0 Å². The molecule has 0 saturated carbocycles. The standard InChI is InChI=1S/C10H19NO7S/c1-5-8(13)10(15)9(14)7(18-5)3-4-19(16,17)11-6(2)12/h5,7-10,13-15H,3-4H2,1-2H3,(H,11,12)/t5?,7?,8-,9-,10-/m1/s1. The number of carbonyl (C=O) groups excluding carboxylic acids is 1. The Morgan fingerprint density at radius 3 is 2.32 bits per heavy atom. The lowest BCUT2D eigenvalue weighted by atomic mass is 9.94. The first-order valence-electron chi connectivity index (χ1n) is 5.85. The number of nitrogens with one attached hydrogen (secondary N) is 1. The lowest BCUT2D eigenvalue weighted by Crippen LogP contribution is -2.56. The first-order chi connectivity index (χ1) is 8.64. The van der Waals surface area contributed by atoms with Crippen molar-refractivity contribution in [3.05, 3.63) is 0 Å². The Bertz CT molecular complexity index is 424. The van der Waals surface area contributed by atoms with E-state index < -0.39 is 52.2 Å². The van der Waals surface area contributed by atoms with Crippen LogP contribution < -0.4 is 4.72 Å². The summed E-state index contributed by atoms with van der Waals surface area (Å²) in [4.78, 5) is 10.7. The maximum Gasteiger partial charge on any atom is 0.234 e. The fourth-order valence-corrected chi connectivity index (χ4v) is 3.00. The molecule has 9 heteroatoms. The lowest BCUT2D eigenvalue weighted by molar-refractivity contribution is -0.217. The predicted molar refractivity (Wildman–Crippen MR) is 64.6 cm³/mol. The van der Waals surface area contributed by atoms with Crippen molar-refractivity contribution in [2.24, 2.45) is 0 Å². The van der Waals surface area contributed by atoms with Crippen molar-refractivity contribution in [1.82, 2.24) is 4.72 Å². The molecule has 2 unspecified atom stereocenters. The maximum absolute atomic E-state index is 11.4. The van der Waals surface area contributed by atoms with Crippen molar-refractivity contribution < 1.29 is 33.3 Å². The highest BCUT2D eigenvalue weighted by atomic mass is 32.2. The average Bonchev–Trinajstić information content (AvgIpc) is 2.28. The molecule has 0 radical (unpaired) electrons. The number of amides is 1. The van der Waals surface area contributed by atoms with Crippen molar-refractivity contribution in [2.75, 3.05) is 5.75 Å². The molecule has 8 nitrogen and oxygen atoms in total. The van der Waals surface area contributed by atoms with Crippen LogP contribution in [0.5, 0.6) is 0 Å². The Hall–Kier alpha value is -0.740. The Morgan fingerprint density at radius 1 is 1.21 bits per heavy atom. The molecule has 0 aliphatic carbocycles. The summed E-state index contributed by atoms with van der Waals surface area (Å²) in [6.45, 7) is 2.58. The molecule has 112 valence electrons. The molecule has 4 N–H and O–H groups in total. The Balaban J connectivity index is 2.60. The van der Waals surface area contributed by atoms with E-state index in [4.69, 9.17) is 4.74 Å². The smallest absolute Gasteiger partial charge is 0.234 e. The summed E-state index contributed by atoms with van der Waals surface area (Å²) >= 11 is 0. The van der Waals surface area contributed by atoms with Crippen LogP contribution in [0.15, 0.2) is 0 Å². The van der Waals surface area contributed by atoms with Gasteiger partial charge in [0, 0.05) is 6.92 Å². The van der Waals surface area contributed by atoms with Gasteiger partial charge >= 0.3 is 0 Å². The van der Waals surface area contributed by atoms with Crippen LogP contribution in [0.1, 0.15) is 20.3 Å². The minimum atomic E-state index is -3.79. The summed E-state index contributed by atoms with van der Waals surface area (Å²) in [6.07, 6.45) is -5.73. The second-order valence-corrected chi connectivity index (χ2v) is 6.46. The van der Waals surface area contributed by atoms with Crippen molar-refractivity contribution >= 4 is 15.9 Å². The summed E-state index contributed by atoms with van der Waals surface area (Å²) in [6, 6.07) is 0. The van der Waals surface area contributed by atoms with Crippen LogP contribution in [0.2, 0.25) is 0 Å². The third-order valence-corrected chi connectivity index (χ3v) is 4.29. The molecule has 1 amide bonds. The maximum atomic E-state index is 11.4. The van der Waals surface area contributed by atoms with E-state index in [2.05, 4.69) is 0 Å². The number of aliphatic hydroxyl groups is 3. The molecule has 0 aromatic heterocycles. The zero-order valence-corrected chi connectivity index (χ0v) is 11.5. The van der Waals surface area contributed by atoms with Crippen molar-refractivity contribution in [1.29, 1.82) is 0 Å². The Kier molecular flexibility index (Phi) is 5.27. The van der Waals surface area contributed by atoms with E-state index >= 15 is 0 Å². The van der Waals surface area contributed by atoms with Crippen LogP contribution in [0, 0.1) is 0 Å². The average molecular weight is 297 g/mol. The molecule has 1 heterocycles. The number of sulfonamides is 1. The van der Waals surface area contributed by atoms with Gasteiger partial charge in [0.25, 0.3) is 0 Å². The molecule has 1 fully saturated rings. The molecule has 1 aliphatic rings. The third-order valence-electron chi connectivity index (χ3n) is 2.92. The van der Waals surface area contributed by atoms with E-state index in [0.29, 0.717) is 0 Å². The van der Waals surface area contributed by atoms with Gasteiger partial charge in [0.05, 0.1) is 18.0 Å². The van der Waals surface area contributed by atoms with Gasteiger partial charge in [0.2, 0.25) is 15.9 Å². The minimum absolute atomic E-state index is 0.0993. The van der Waals surface area contributed by atoms with Crippen LogP contribution in [0.4, 0.5) is 0 Å². The van der Waals surface area contributed by atoms with Crippen LogP contribution in [0.3, 0.4) is 0 Å². The number of rotatable bonds is 4. The largest absolute Gasteiger partial charge is 0.388 e. The second kappa shape index (κ2) is 6.14. The molecule has 1 aliphatic heterocycles. The molecule has 19 heavy (non-hydrogen) atoms. The highest BCUT2D eigenvalue weighted by molar-refractivity contribution is 7.90. The molecule has 0 aromatic carbocycles. The number of ether oxygens (including phenoxy) is 1. The molecular formula is C10H19NO7S. The first-order valence-corrected chi connectivity index (χ1v) is 7.50. The van der Waals surface area contributed by atoms with Crippen LogP contribution >= 0.6 is 0 Å². The van der Waals surface area contributed by atoms with Gasteiger partial charge in [0.1, 0.15) is 18.3 Å². The SMILES string of the molecule is CC(=O)NS(=O)(=O)CCC1OC(C)[C@@H](O)[C@@H](O)[C@@H]1O. The van der Waals surface area contributed by atoms with Gasteiger partial charge in [-0.05, 0) is 13.3 Å². The highest BCUT2D eigenvalue weighted by Gasteiger charge is 2.41. The normalized spacial score (nSPS) is 35.9. The van der Waals surface area contributed by atoms with Crippen molar-refractivity contribution in [3.8, 4) is 0 Å². The quantitative estimate of drug-likeness (QED) is 0.459. The number of carbonyl (C=O) groups is 1. The fraction of sp³-hybridized carbons (Fsp3) is 0.900. The van der Waals surface area contributed by atoms with E-state index in [1.807, 2.05) is 0 Å². The topological polar surface area (TPSA) is 133 Å². The van der Waals surface area contributed by atoms with E-state index in [9.17, 15) is 28.5 Å². The predicted octanol–water partition coefficient (Wildman–Crippen LogP) is -2.29. The van der Waals surface area contributed by atoms with E-state index in [0.717, 1.165) is 6.92 Å². The number of hydrogen-bond donors (Lipinski definition) is 4. The zero-order chi connectivity index (χ0) is 14.8. The molecule has 1 saturated heterocycles. The molecule has 0 spiro atoms. The first kappa shape index (κ1) is 16.3. The second-order valence-electron chi connectivity index (χ2n) is 4.62. The Labute approximate surface area is 111 Å². The van der Waals surface area contributed by atoms with Crippen molar-refractivity contribution in [2.45, 2.75) is 50.8 Å². The van der Waals surface area contributed by atoms with E-state index in [-0.39, 0.29) is 6.42 Å². The summed E-state index contributed by atoms with van der Waals surface area (Å²) in [5.41, 5.74) is 0. The summed E-state index contributed by atoms with van der Waals surface area (Å²) in [5.74, 6) is -1.13. The molecule has 1 rings (SSSR count). The van der Waals surface area contributed by atoms with Gasteiger partial charge in [-0.15, -0.1) is 0 Å². The van der Waals surface area contributed by atoms with Gasteiger partial charge in [0.15, 0.2) is 0 Å². The third kappa shape index (κ3) is 4.39. The fourth-order valence-electron chi connectivity index (χ4n) is 1.92. The van der Waals surface area contributed by atoms with Gasteiger partial charge in [-0.1, -0.05) is 0 Å². The van der Waals surface area contributed by atoms with Gasteiger partial charge < -0.3 is 20.1 Å². The van der Waals surface area contributed by atoms with Crippen molar-refractivity contribution in [3.63, 3.8) is 0 Å². The molecular weight excluding hydrogens is 278 g/mol. The lowest BCUT2D eigenvalue weighted by Gasteiger charge is -2.39. The van der Waals surface area contributed by atoms with Crippen LogP contribution in [0.25, 0.3) is 0 Å². The number of aliphatic hydroxyl groups excluding tert-OH is 3. The van der Waals surface area contributed by atoms with E-state index in [1.54, 1.807) is 4.72 Å². The summed E-state index contributed by atoms with van der Waals surface area (Å²) < 4.78 is 29.9. The van der Waals surface area contributed by atoms with E-state index in [1.165, 1.54) is 6.92 Å². The van der Waals surface area contributed by atoms with Crippen LogP contribution in [-0.4, -0.2) is 65.9 Å². The Morgan fingerprint density at radius 2 is 1.79 bits per heavy atom.